The standard InChI is InChI=1S/C13H19N3/c14-8-10-5-7-16(9-10)12-4-3-11-2-1-6-15-13(11)12/h1-2,6,10,12H,3-5,7-9,14H2. The van der Waals surface area contributed by atoms with Crippen molar-refractivity contribution in [2.24, 2.45) is 11.7 Å². The van der Waals surface area contributed by atoms with Crippen LogP contribution >= 0.6 is 0 Å². The molecular weight excluding hydrogens is 198 g/mol. The Morgan fingerprint density at radius 2 is 2.38 bits per heavy atom. The summed E-state index contributed by atoms with van der Waals surface area (Å²) in [6.07, 6.45) is 5.62. The van der Waals surface area contributed by atoms with Crippen LogP contribution in [-0.4, -0.2) is 29.5 Å². The Kier molecular flexibility index (Phi) is 2.65. The van der Waals surface area contributed by atoms with Gasteiger partial charge in [0, 0.05) is 12.7 Å². The molecule has 1 aromatic rings. The molecule has 2 N–H and O–H groups in total. The van der Waals surface area contributed by atoms with Crippen LogP contribution in [0.3, 0.4) is 0 Å². The van der Waals surface area contributed by atoms with Crippen LogP contribution in [0, 0.1) is 5.92 Å². The Morgan fingerprint density at radius 1 is 1.44 bits per heavy atom. The van der Waals surface area contributed by atoms with Gasteiger partial charge < -0.3 is 5.73 Å². The quantitative estimate of drug-likeness (QED) is 0.813. The van der Waals surface area contributed by atoms with Crippen molar-refractivity contribution in [3.05, 3.63) is 29.6 Å². The van der Waals surface area contributed by atoms with Crippen molar-refractivity contribution in [2.45, 2.75) is 25.3 Å². The maximum absolute atomic E-state index is 5.75. The van der Waals surface area contributed by atoms with Crippen LogP contribution in [0.2, 0.25) is 0 Å². The molecule has 86 valence electrons. The average molecular weight is 217 g/mol. The molecular formula is C13H19N3. The molecule has 3 nitrogen and oxygen atoms in total. The first kappa shape index (κ1) is 10.2. The van der Waals surface area contributed by atoms with Crippen molar-refractivity contribution in [1.29, 1.82) is 0 Å². The minimum absolute atomic E-state index is 0.563. The van der Waals surface area contributed by atoms with Crippen molar-refractivity contribution in [3.8, 4) is 0 Å². The molecule has 3 rings (SSSR count). The molecule has 2 atom stereocenters. The van der Waals surface area contributed by atoms with Gasteiger partial charge in [-0.1, -0.05) is 6.07 Å². The Morgan fingerprint density at radius 3 is 3.19 bits per heavy atom. The van der Waals surface area contributed by atoms with Gasteiger partial charge in [-0.15, -0.1) is 0 Å². The van der Waals surface area contributed by atoms with E-state index in [1.165, 1.54) is 37.1 Å². The number of aromatic nitrogens is 1. The first-order valence-corrected chi connectivity index (χ1v) is 6.26. The zero-order chi connectivity index (χ0) is 11.0. The lowest BCUT2D eigenvalue weighted by molar-refractivity contribution is 0.233. The van der Waals surface area contributed by atoms with E-state index in [0.717, 1.165) is 13.1 Å². The molecule has 3 heteroatoms. The largest absolute Gasteiger partial charge is 0.330 e. The van der Waals surface area contributed by atoms with Gasteiger partial charge in [0.1, 0.15) is 0 Å². The van der Waals surface area contributed by atoms with Crippen molar-refractivity contribution in [2.75, 3.05) is 19.6 Å². The molecule has 0 radical (unpaired) electrons. The summed E-state index contributed by atoms with van der Waals surface area (Å²) in [5.41, 5.74) is 8.51. The number of nitrogens with two attached hydrogens (primary N) is 1. The molecule has 0 saturated carbocycles. The molecule has 1 aliphatic heterocycles. The van der Waals surface area contributed by atoms with Crippen LogP contribution in [0.1, 0.15) is 30.1 Å². The van der Waals surface area contributed by atoms with E-state index in [2.05, 4.69) is 16.0 Å². The fraction of sp³-hybridized carbons (Fsp3) is 0.615. The fourth-order valence-electron chi connectivity index (χ4n) is 3.08. The topological polar surface area (TPSA) is 42.1 Å². The number of rotatable bonds is 2. The lowest BCUT2D eigenvalue weighted by atomic mass is 10.1. The summed E-state index contributed by atoms with van der Waals surface area (Å²) in [5.74, 6) is 0.702. The molecule has 1 aromatic heterocycles. The summed E-state index contributed by atoms with van der Waals surface area (Å²) in [6.45, 7) is 3.19. The fourth-order valence-corrected chi connectivity index (χ4v) is 3.08. The van der Waals surface area contributed by atoms with E-state index in [1.807, 2.05) is 12.3 Å². The summed E-state index contributed by atoms with van der Waals surface area (Å²) in [5, 5.41) is 0. The Bertz CT molecular complexity index is 377. The predicted octanol–water partition coefficient (Wildman–Crippen LogP) is 1.35. The average Bonchev–Trinajstić information content (AvgIpc) is 2.94. The molecule has 2 heterocycles. The first-order valence-electron chi connectivity index (χ1n) is 6.26. The van der Waals surface area contributed by atoms with Crippen LogP contribution in [0.5, 0.6) is 0 Å². The molecule has 0 aromatic carbocycles. The normalized spacial score (nSPS) is 29.6. The number of aryl methyl sites for hydroxylation is 1. The summed E-state index contributed by atoms with van der Waals surface area (Å²) in [7, 11) is 0. The SMILES string of the molecule is NCC1CCN(C2CCc3cccnc32)C1. The zero-order valence-electron chi connectivity index (χ0n) is 9.60. The third-order valence-corrected chi connectivity index (χ3v) is 4.02. The highest BCUT2D eigenvalue weighted by atomic mass is 15.2. The van der Waals surface area contributed by atoms with Crippen LogP contribution in [-0.2, 0) is 6.42 Å². The van der Waals surface area contributed by atoms with Crippen LogP contribution in [0.25, 0.3) is 0 Å². The Labute approximate surface area is 96.7 Å². The third-order valence-electron chi connectivity index (χ3n) is 4.02. The van der Waals surface area contributed by atoms with E-state index < -0.39 is 0 Å². The smallest absolute Gasteiger partial charge is 0.0607 e. The molecule has 0 bridgehead atoms. The second kappa shape index (κ2) is 4.15. The predicted molar refractivity (Wildman–Crippen MR) is 64.0 cm³/mol. The van der Waals surface area contributed by atoms with Crippen LogP contribution in [0.15, 0.2) is 18.3 Å². The van der Waals surface area contributed by atoms with Gasteiger partial charge in [0.25, 0.3) is 0 Å². The van der Waals surface area contributed by atoms with Gasteiger partial charge in [-0.2, -0.15) is 0 Å². The van der Waals surface area contributed by atoms with Crippen molar-refractivity contribution < 1.29 is 0 Å². The van der Waals surface area contributed by atoms with Gasteiger partial charge in [0.05, 0.1) is 11.7 Å². The number of hydrogen-bond donors (Lipinski definition) is 1. The third kappa shape index (κ3) is 1.64. The monoisotopic (exact) mass is 217 g/mol. The molecule has 0 spiro atoms. The maximum Gasteiger partial charge on any atom is 0.0607 e. The maximum atomic E-state index is 5.75. The summed E-state index contributed by atoms with van der Waals surface area (Å²) >= 11 is 0. The zero-order valence-corrected chi connectivity index (χ0v) is 9.60. The van der Waals surface area contributed by atoms with E-state index in [9.17, 15) is 0 Å². The second-order valence-corrected chi connectivity index (χ2v) is 4.99. The van der Waals surface area contributed by atoms with Crippen molar-refractivity contribution in [1.82, 2.24) is 9.88 Å². The number of hydrogen-bond acceptors (Lipinski definition) is 3. The van der Waals surface area contributed by atoms with Gasteiger partial charge in [0.2, 0.25) is 0 Å². The van der Waals surface area contributed by atoms with E-state index in [4.69, 9.17) is 5.73 Å². The minimum Gasteiger partial charge on any atom is -0.330 e. The molecule has 1 fully saturated rings. The lowest BCUT2D eigenvalue weighted by Gasteiger charge is -2.23. The van der Waals surface area contributed by atoms with Gasteiger partial charge >= 0.3 is 0 Å². The van der Waals surface area contributed by atoms with Gasteiger partial charge in [0.15, 0.2) is 0 Å². The van der Waals surface area contributed by atoms with Crippen LogP contribution in [0.4, 0.5) is 0 Å². The van der Waals surface area contributed by atoms with Gasteiger partial charge in [-0.3, -0.25) is 9.88 Å². The molecule has 1 saturated heterocycles. The lowest BCUT2D eigenvalue weighted by Crippen LogP contribution is -2.27. The highest BCUT2D eigenvalue weighted by Crippen LogP contribution is 2.36. The first-order chi connectivity index (χ1) is 7.88. The second-order valence-electron chi connectivity index (χ2n) is 4.99. The van der Waals surface area contributed by atoms with Crippen molar-refractivity contribution in [3.63, 3.8) is 0 Å². The Balaban J connectivity index is 1.78. The summed E-state index contributed by atoms with van der Waals surface area (Å²) in [6, 6.07) is 4.83. The van der Waals surface area contributed by atoms with E-state index in [0.29, 0.717) is 12.0 Å². The van der Waals surface area contributed by atoms with Gasteiger partial charge in [-0.25, -0.2) is 0 Å². The van der Waals surface area contributed by atoms with Gasteiger partial charge in [-0.05, 0) is 49.9 Å². The Hall–Kier alpha value is -0.930. The number of pyridine rings is 1. The van der Waals surface area contributed by atoms with Crippen LogP contribution < -0.4 is 5.73 Å². The van der Waals surface area contributed by atoms with E-state index in [1.54, 1.807) is 0 Å². The highest BCUT2D eigenvalue weighted by molar-refractivity contribution is 5.28. The number of nitrogens with zero attached hydrogens (tertiary/aromatic N) is 2. The van der Waals surface area contributed by atoms with E-state index in [-0.39, 0.29) is 0 Å². The molecule has 0 amide bonds. The molecule has 16 heavy (non-hydrogen) atoms. The molecule has 2 aliphatic rings. The van der Waals surface area contributed by atoms with E-state index >= 15 is 0 Å². The summed E-state index contributed by atoms with van der Waals surface area (Å²) < 4.78 is 0. The van der Waals surface area contributed by atoms with Crippen molar-refractivity contribution >= 4 is 0 Å². The summed E-state index contributed by atoms with van der Waals surface area (Å²) in [4.78, 5) is 7.14. The minimum atomic E-state index is 0.563. The molecule has 1 aliphatic carbocycles. The number of fused-ring (bicyclic) bond motifs is 1. The highest BCUT2D eigenvalue weighted by Gasteiger charge is 2.33. The number of likely N-dealkylation sites (tertiary alicyclic amines) is 1. The molecule has 2 unspecified atom stereocenters.